The number of hydrogen-bond donors (Lipinski definition) is 0. The Hall–Kier alpha value is -4.58. The molecule has 6 rings (SSSR count). The molecule has 4 nitrogen and oxygen atoms in total. The summed E-state index contributed by atoms with van der Waals surface area (Å²) in [4.78, 5) is 8.38. The van der Waals surface area contributed by atoms with Gasteiger partial charge in [-0.3, -0.25) is 4.57 Å². The minimum Gasteiger partial charge on any atom is -0.439 e. The van der Waals surface area contributed by atoms with Gasteiger partial charge in [-0.05, 0) is 47.5 Å². The number of pyridine rings is 2. The Labute approximate surface area is 193 Å². The quantitative estimate of drug-likeness (QED) is 0.283. The smallest absolute Gasteiger partial charge is 0.219 e. The van der Waals surface area contributed by atoms with E-state index in [2.05, 4.69) is 28.2 Å². The molecule has 164 valence electrons. The van der Waals surface area contributed by atoms with Gasteiger partial charge in [0.25, 0.3) is 0 Å². The highest BCUT2D eigenvalue weighted by atomic mass is 19.1. The van der Waals surface area contributed by atoms with Crippen molar-refractivity contribution in [3.05, 3.63) is 115 Å². The number of fused-ring (bicyclic) bond motifs is 3. The summed E-state index contributed by atoms with van der Waals surface area (Å²) in [5.41, 5.74) is 3.77. The molecule has 3 heterocycles. The number of rotatable bonds is 4. The van der Waals surface area contributed by atoms with Gasteiger partial charge < -0.3 is 4.74 Å². The monoisotopic (exact) mass is 449 g/mol. The summed E-state index contributed by atoms with van der Waals surface area (Å²) in [6.45, 7) is 0. The van der Waals surface area contributed by atoms with Crippen molar-refractivity contribution < 1.29 is 13.5 Å². The van der Waals surface area contributed by atoms with Crippen LogP contribution in [0.15, 0.2) is 103 Å². The zero-order chi connectivity index (χ0) is 23.1. The Kier molecular flexibility index (Phi) is 4.77. The molecule has 0 fully saturated rings. The fourth-order valence-electron chi connectivity index (χ4n) is 4.20. The molecule has 6 heteroatoms. The van der Waals surface area contributed by atoms with Gasteiger partial charge in [-0.25, -0.2) is 18.7 Å². The molecule has 0 bridgehead atoms. The Morgan fingerprint density at radius 1 is 0.647 bits per heavy atom. The molecule has 0 saturated carbocycles. The van der Waals surface area contributed by atoms with Crippen LogP contribution in [0.1, 0.15) is 0 Å². The number of hydrogen-bond acceptors (Lipinski definition) is 3. The lowest BCUT2D eigenvalue weighted by Gasteiger charge is -2.09. The first kappa shape index (κ1) is 20.1. The van der Waals surface area contributed by atoms with E-state index in [0.29, 0.717) is 17.4 Å². The zero-order valence-corrected chi connectivity index (χ0v) is 17.8. The number of nitrogens with zero attached hydrogens (tertiary/aromatic N) is 3. The first-order valence-electron chi connectivity index (χ1n) is 10.7. The molecule has 0 amide bonds. The molecule has 0 saturated heterocycles. The van der Waals surface area contributed by atoms with Gasteiger partial charge >= 0.3 is 0 Å². The van der Waals surface area contributed by atoms with E-state index in [1.807, 2.05) is 53.1 Å². The molecule has 0 aliphatic carbocycles. The number of halogens is 2. The van der Waals surface area contributed by atoms with Crippen LogP contribution < -0.4 is 4.74 Å². The maximum Gasteiger partial charge on any atom is 0.219 e. The lowest BCUT2D eigenvalue weighted by Crippen LogP contribution is -1.97. The molecule has 0 aliphatic heterocycles. The van der Waals surface area contributed by atoms with Crippen LogP contribution in [0, 0.1) is 11.6 Å². The van der Waals surface area contributed by atoms with Crippen LogP contribution in [0.3, 0.4) is 0 Å². The lowest BCUT2D eigenvalue weighted by molar-refractivity contribution is 0.459. The maximum absolute atomic E-state index is 14.1. The van der Waals surface area contributed by atoms with Crippen molar-refractivity contribution in [2.75, 3.05) is 0 Å². The van der Waals surface area contributed by atoms with E-state index in [1.165, 1.54) is 30.5 Å². The Morgan fingerprint density at radius 2 is 1.50 bits per heavy atom. The van der Waals surface area contributed by atoms with Gasteiger partial charge in [-0.2, -0.15) is 0 Å². The highest BCUT2D eigenvalue weighted by Gasteiger charge is 2.14. The lowest BCUT2D eigenvalue weighted by atomic mass is 10.0. The van der Waals surface area contributed by atoms with Crippen molar-refractivity contribution in [3.63, 3.8) is 0 Å². The van der Waals surface area contributed by atoms with E-state index in [9.17, 15) is 8.78 Å². The molecular formula is C28H17F2N3O. The normalized spacial score (nSPS) is 11.2. The summed E-state index contributed by atoms with van der Waals surface area (Å²) >= 11 is 0. The number of benzene rings is 3. The highest BCUT2D eigenvalue weighted by molar-refractivity contribution is 6.10. The van der Waals surface area contributed by atoms with Crippen molar-refractivity contribution in [1.82, 2.24) is 14.5 Å². The average Bonchev–Trinajstić information content (AvgIpc) is 3.19. The second-order valence-corrected chi connectivity index (χ2v) is 7.86. The van der Waals surface area contributed by atoms with Crippen molar-refractivity contribution in [3.8, 4) is 28.6 Å². The Bertz CT molecular complexity index is 1660. The number of aromatic nitrogens is 3. The van der Waals surface area contributed by atoms with Crippen LogP contribution in [0.2, 0.25) is 0 Å². The second-order valence-electron chi connectivity index (χ2n) is 7.86. The van der Waals surface area contributed by atoms with Crippen LogP contribution in [-0.2, 0) is 0 Å². The van der Waals surface area contributed by atoms with Crippen molar-refractivity contribution in [2.24, 2.45) is 0 Å². The van der Waals surface area contributed by atoms with Gasteiger partial charge in [0.1, 0.15) is 23.2 Å². The predicted octanol–water partition coefficient (Wildman–Crippen LogP) is 7.31. The van der Waals surface area contributed by atoms with Gasteiger partial charge in [0.05, 0.1) is 17.2 Å². The van der Waals surface area contributed by atoms with Crippen LogP contribution in [0.5, 0.6) is 11.6 Å². The average molecular weight is 449 g/mol. The Morgan fingerprint density at radius 3 is 2.35 bits per heavy atom. The fourth-order valence-corrected chi connectivity index (χ4v) is 4.20. The minimum atomic E-state index is -0.419. The molecule has 0 spiro atoms. The van der Waals surface area contributed by atoms with Crippen LogP contribution in [-0.4, -0.2) is 14.5 Å². The summed E-state index contributed by atoms with van der Waals surface area (Å²) < 4.78 is 35.0. The molecule has 0 unspecified atom stereocenters. The minimum absolute atomic E-state index is 0.311. The summed E-state index contributed by atoms with van der Waals surface area (Å²) in [5, 5.41) is 2.11. The zero-order valence-electron chi connectivity index (χ0n) is 17.8. The van der Waals surface area contributed by atoms with E-state index < -0.39 is 5.82 Å². The van der Waals surface area contributed by atoms with Gasteiger partial charge in [0.15, 0.2) is 0 Å². The van der Waals surface area contributed by atoms with E-state index in [-0.39, 0.29) is 5.82 Å². The third kappa shape index (κ3) is 3.55. The molecule has 3 aromatic heterocycles. The molecular weight excluding hydrogens is 432 g/mol. The van der Waals surface area contributed by atoms with E-state index in [0.717, 1.165) is 39.1 Å². The molecule has 0 aliphatic rings. The topological polar surface area (TPSA) is 39.9 Å². The van der Waals surface area contributed by atoms with Crippen molar-refractivity contribution in [1.29, 1.82) is 0 Å². The first-order valence-corrected chi connectivity index (χ1v) is 10.7. The fraction of sp³-hybridized carbons (Fsp3) is 0. The van der Waals surface area contributed by atoms with E-state index in [1.54, 1.807) is 0 Å². The molecule has 0 atom stereocenters. The highest BCUT2D eigenvalue weighted by Crippen LogP contribution is 2.35. The van der Waals surface area contributed by atoms with Crippen LogP contribution in [0.25, 0.3) is 38.8 Å². The molecule has 3 aromatic carbocycles. The third-order valence-corrected chi connectivity index (χ3v) is 5.70. The predicted molar refractivity (Wildman–Crippen MR) is 128 cm³/mol. The van der Waals surface area contributed by atoms with Gasteiger partial charge in [-0.1, -0.05) is 42.5 Å². The number of para-hydroxylation sites is 1. The molecule has 6 aromatic rings. The van der Waals surface area contributed by atoms with Crippen molar-refractivity contribution in [2.45, 2.75) is 0 Å². The second kappa shape index (κ2) is 8.08. The summed E-state index contributed by atoms with van der Waals surface area (Å²) in [6, 6.07) is 27.4. The molecule has 0 N–H and O–H groups in total. The van der Waals surface area contributed by atoms with Crippen LogP contribution in [0.4, 0.5) is 8.78 Å². The summed E-state index contributed by atoms with van der Waals surface area (Å²) in [6.07, 6.45) is 2.59. The number of ether oxygens (including phenoxy) is 1. The SMILES string of the molecule is Fc1ccc(Oc2cccc(-c3ccc4c5ccccc5n(-c5cc(F)ccn5)c4c3)c2)nc1. The first-order chi connectivity index (χ1) is 16.7. The van der Waals surface area contributed by atoms with E-state index >= 15 is 0 Å². The van der Waals surface area contributed by atoms with Gasteiger partial charge in [0.2, 0.25) is 5.88 Å². The molecule has 0 radical (unpaired) electrons. The summed E-state index contributed by atoms with van der Waals surface area (Å²) in [7, 11) is 0. The van der Waals surface area contributed by atoms with Gasteiger partial charge in [-0.15, -0.1) is 0 Å². The standard InChI is InChI=1S/C28H17F2N3O/c29-20-12-13-31-27(16-20)33-25-7-2-1-6-23(25)24-10-8-19(15-26(24)33)18-4-3-5-22(14-18)34-28-11-9-21(30)17-32-28/h1-17H. The van der Waals surface area contributed by atoms with Gasteiger partial charge in [0, 0.05) is 29.1 Å². The maximum atomic E-state index is 14.1. The largest absolute Gasteiger partial charge is 0.439 e. The van der Waals surface area contributed by atoms with Crippen molar-refractivity contribution >= 4 is 21.8 Å². The summed E-state index contributed by atoms with van der Waals surface area (Å²) in [5.74, 6) is 0.655. The molecule has 34 heavy (non-hydrogen) atoms. The van der Waals surface area contributed by atoms with E-state index in [4.69, 9.17) is 4.74 Å². The van der Waals surface area contributed by atoms with Crippen LogP contribution >= 0.6 is 0 Å². The Balaban J connectivity index is 1.48. The third-order valence-electron chi connectivity index (χ3n) is 5.70.